The fourth-order valence-corrected chi connectivity index (χ4v) is 3.46. The van der Waals surface area contributed by atoms with Crippen LogP contribution in [0.2, 0.25) is 0 Å². The monoisotopic (exact) mass is 435 g/mol. The summed E-state index contributed by atoms with van der Waals surface area (Å²) in [4.78, 5) is 38.9. The first-order valence-electron chi connectivity index (χ1n) is 9.50. The molecular weight excluding hydrogens is 415 g/mol. The molecule has 2 aromatic rings. The third kappa shape index (κ3) is 4.96. The van der Waals surface area contributed by atoms with E-state index >= 15 is 0 Å². The third-order valence-electron chi connectivity index (χ3n) is 4.74. The molecule has 2 aromatic carbocycles. The molecular formula is C21H20F3N3O4. The summed E-state index contributed by atoms with van der Waals surface area (Å²) in [5, 5.41) is 5.17. The maximum absolute atomic E-state index is 13.1. The van der Waals surface area contributed by atoms with Gasteiger partial charge < -0.3 is 15.4 Å². The number of hydrogen-bond acceptors (Lipinski definition) is 4. The van der Waals surface area contributed by atoms with Crippen LogP contribution in [-0.4, -0.2) is 35.7 Å². The minimum atomic E-state index is -4.82. The molecule has 0 aromatic heterocycles. The van der Waals surface area contributed by atoms with Crippen LogP contribution in [0.1, 0.15) is 25.3 Å². The molecule has 2 N–H and O–H groups in total. The van der Waals surface area contributed by atoms with E-state index in [1.165, 1.54) is 12.1 Å². The normalized spacial score (nSPS) is 18.6. The molecule has 4 amide bonds. The van der Waals surface area contributed by atoms with Gasteiger partial charge in [-0.15, -0.1) is 13.2 Å². The van der Waals surface area contributed by atoms with Crippen molar-refractivity contribution < 1.29 is 32.3 Å². The molecule has 1 aliphatic heterocycles. The number of imide groups is 1. The van der Waals surface area contributed by atoms with E-state index in [0.29, 0.717) is 18.4 Å². The minimum absolute atomic E-state index is 0.189. The largest absolute Gasteiger partial charge is 0.573 e. The number of amides is 4. The number of anilines is 1. The van der Waals surface area contributed by atoms with E-state index in [1.54, 1.807) is 30.3 Å². The quantitative estimate of drug-likeness (QED) is 0.648. The number of urea groups is 1. The molecule has 3 rings (SSSR count). The smallest absolute Gasteiger partial charge is 0.406 e. The van der Waals surface area contributed by atoms with Gasteiger partial charge in [0.15, 0.2) is 0 Å². The molecule has 1 atom stereocenters. The lowest BCUT2D eigenvalue weighted by Crippen LogP contribution is -2.44. The molecule has 1 unspecified atom stereocenters. The number of ether oxygens (including phenoxy) is 1. The molecule has 7 nitrogen and oxygen atoms in total. The first-order chi connectivity index (χ1) is 14.6. The third-order valence-corrected chi connectivity index (χ3v) is 4.74. The Morgan fingerprint density at radius 1 is 1.10 bits per heavy atom. The van der Waals surface area contributed by atoms with Crippen molar-refractivity contribution >= 4 is 23.5 Å². The lowest BCUT2D eigenvalue weighted by Gasteiger charge is -2.26. The molecule has 10 heteroatoms. The van der Waals surface area contributed by atoms with Crippen molar-refractivity contribution in [3.63, 3.8) is 0 Å². The van der Waals surface area contributed by atoms with Crippen molar-refractivity contribution in [1.82, 2.24) is 10.2 Å². The predicted molar refractivity (Wildman–Crippen MR) is 105 cm³/mol. The summed E-state index contributed by atoms with van der Waals surface area (Å²) in [5.41, 5.74) is -0.433. The van der Waals surface area contributed by atoms with E-state index in [4.69, 9.17) is 0 Å². The van der Waals surface area contributed by atoms with Crippen molar-refractivity contribution in [2.45, 2.75) is 31.7 Å². The average Bonchev–Trinajstić information content (AvgIpc) is 2.94. The van der Waals surface area contributed by atoms with Gasteiger partial charge in [0.2, 0.25) is 5.91 Å². The maximum atomic E-state index is 13.1. The molecule has 1 fully saturated rings. The number of carbonyl (C=O) groups is 3. The first-order valence-corrected chi connectivity index (χ1v) is 9.50. The second-order valence-corrected chi connectivity index (χ2v) is 6.96. The Morgan fingerprint density at radius 2 is 1.74 bits per heavy atom. The zero-order chi connectivity index (χ0) is 22.6. The summed E-state index contributed by atoms with van der Waals surface area (Å²) in [6, 6.07) is 12.6. The van der Waals surface area contributed by atoms with Crippen LogP contribution in [0.25, 0.3) is 0 Å². The molecule has 164 valence electrons. The highest BCUT2D eigenvalue weighted by molar-refractivity contribution is 6.10. The number of carbonyl (C=O) groups excluding carboxylic acids is 3. The number of nitrogens with zero attached hydrogens (tertiary/aromatic N) is 1. The maximum Gasteiger partial charge on any atom is 0.573 e. The van der Waals surface area contributed by atoms with Gasteiger partial charge >= 0.3 is 12.4 Å². The number of alkyl halides is 3. The number of benzene rings is 2. The highest BCUT2D eigenvalue weighted by atomic mass is 19.4. The van der Waals surface area contributed by atoms with Crippen LogP contribution in [0.15, 0.2) is 54.6 Å². The summed E-state index contributed by atoms with van der Waals surface area (Å²) in [7, 11) is 0. The Kier molecular flexibility index (Phi) is 6.19. The van der Waals surface area contributed by atoms with Gasteiger partial charge in [-0.3, -0.25) is 14.5 Å². The number of nitrogens with one attached hydrogen (secondary N) is 2. The Morgan fingerprint density at radius 3 is 2.32 bits per heavy atom. The van der Waals surface area contributed by atoms with Crippen LogP contribution in [-0.2, 0) is 15.1 Å². The molecule has 0 spiro atoms. The van der Waals surface area contributed by atoms with E-state index < -0.39 is 42.0 Å². The molecule has 1 saturated heterocycles. The van der Waals surface area contributed by atoms with E-state index in [0.717, 1.165) is 17.0 Å². The topological polar surface area (TPSA) is 87.7 Å². The molecule has 1 aliphatic rings. The van der Waals surface area contributed by atoms with Gasteiger partial charge in [0.05, 0.1) is 0 Å². The number of halogens is 3. The highest BCUT2D eigenvalue weighted by Crippen LogP contribution is 2.33. The predicted octanol–water partition coefficient (Wildman–Crippen LogP) is 3.77. The summed E-state index contributed by atoms with van der Waals surface area (Å²) >= 11 is 0. The Hall–Kier alpha value is -3.56. The van der Waals surface area contributed by atoms with Gasteiger partial charge in [-0.05, 0) is 36.2 Å². The lowest BCUT2D eigenvalue weighted by molar-refractivity contribution is -0.274. The second kappa shape index (κ2) is 8.66. The second-order valence-electron chi connectivity index (χ2n) is 6.96. The van der Waals surface area contributed by atoms with Crippen LogP contribution < -0.4 is 15.4 Å². The van der Waals surface area contributed by atoms with Crippen molar-refractivity contribution in [2.75, 3.05) is 11.9 Å². The van der Waals surface area contributed by atoms with Gasteiger partial charge in [-0.25, -0.2) is 4.79 Å². The van der Waals surface area contributed by atoms with Crippen LogP contribution in [0.4, 0.5) is 23.7 Å². The van der Waals surface area contributed by atoms with Gasteiger partial charge in [0.1, 0.15) is 17.8 Å². The summed E-state index contributed by atoms with van der Waals surface area (Å²) in [6.07, 6.45) is -3.84. The van der Waals surface area contributed by atoms with Gasteiger partial charge in [-0.2, -0.15) is 0 Å². The Bertz CT molecular complexity index is 964. The number of rotatable bonds is 7. The molecule has 0 radical (unpaired) electrons. The molecule has 31 heavy (non-hydrogen) atoms. The van der Waals surface area contributed by atoms with Crippen LogP contribution in [0.3, 0.4) is 0 Å². The van der Waals surface area contributed by atoms with E-state index in [1.807, 2.05) is 6.92 Å². The van der Waals surface area contributed by atoms with E-state index in [-0.39, 0.29) is 5.69 Å². The lowest BCUT2D eigenvalue weighted by atomic mass is 9.85. The van der Waals surface area contributed by atoms with E-state index in [2.05, 4.69) is 15.4 Å². The minimum Gasteiger partial charge on any atom is -0.406 e. The zero-order valence-corrected chi connectivity index (χ0v) is 16.5. The standard InChI is InChI=1S/C21H20F3N3O4/c1-2-12-20(14-6-4-3-5-7-14)18(29)27(19(30)26-20)13-17(28)25-15-8-10-16(11-9-15)31-21(22,23)24/h3-11H,2,12-13H2,1H3,(H,25,28)(H,26,30). The van der Waals surface area contributed by atoms with Crippen molar-refractivity contribution in [3.8, 4) is 5.75 Å². The van der Waals surface area contributed by atoms with Crippen LogP contribution in [0.5, 0.6) is 5.75 Å². The zero-order valence-electron chi connectivity index (χ0n) is 16.5. The first kappa shape index (κ1) is 22.1. The average molecular weight is 435 g/mol. The van der Waals surface area contributed by atoms with Crippen LogP contribution >= 0.6 is 0 Å². The van der Waals surface area contributed by atoms with Crippen molar-refractivity contribution in [2.24, 2.45) is 0 Å². The summed E-state index contributed by atoms with van der Waals surface area (Å²) in [6.45, 7) is 1.34. The molecule has 1 heterocycles. The highest BCUT2D eigenvalue weighted by Gasteiger charge is 2.52. The summed E-state index contributed by atoms with van der Waals surface area (Å²) in [5.74, 6) is -1.64. The fraction of sp³-hybridized carbons (Fsp3) is 0.286. The summed E-state index contributed by atoms with van der Waals surface area (Å²) < 4.78 is 40.4. The van der Waals surface area contributed by atoms with Gasteiger partial charge in [0.25, 0.3) is 5.91 Å². The van der Waals surface area contributed by atoms with E-state index in [9.17, 15) is 27.6 Å². The Balaban J connectivity index is 1.70. The molecule has 0 aliphatic carbocycles. The molecule has 0 saturated carbocycles. The van der Waals surface area contributed by atoms with Crippen molar-refractivity contribution in [3.05, 3.63) is 60.2 Å². The van der Waals surface area contributed by atoms with Gasteiger partial charge in [0, 0.05) is 5.69 Å². The fourth-order valence-electron chi connectivity index (χ4n) is 3.46. The van der Waals surface area contributed by atoms with Crippen molar-refractivity contribution in [1.29, 1.82) is 0 Å². The van der Waals surface area contributed by atoms with Crippen LogP contribution in [0, 0.1) is 0 Å². The van der Waals surface area contributed by atoms with Gasteiger partial charge in [-0.1, -0.05) is 43.7 Å². The number of hydrogen-bond donors (Lipinski definition) is 2. The SMILES string of the molecule is CCCC1(c2ccccc2)NC(=O)N(CC(=O)Nc2ccc(OC(F)(F)F)cc2)C1=O. The Labute approximate surface area is 176 Å². The molecule has 0 bridgehead atoms.